The van der Waals surface area contributed by atoms with E-state index in [2.05, 4.69) is 10.2 Å². The summed E-state index contributed by atoms with van der Waals surface area (Å²) in [5, 5.41) is 7.95. The molecule has 15 heavy (non-hydrogen) atoms. The third-order valence-corrected chi connectivity index (χ3v) is 1.95. The van der Waals surface area contributed by atoms with Crippen molar-refractivity contribution in [3.05, 3.63) is 18.2 Å². The molecule has 1 aromatic heterocycles. The number of ether oxygens (including phenoxy) is 1. The highest BCUT2D eigenvalue weighted by Crippen LogP contribution is 2.27. The lowest BCUT2D eigenvalue weighted by atomic mass is 10.2. The average Bonchev–Trinajstić information content (AvgIpc) is 2.46. The Labute approximate surface area is 88.4 Å². The highest BCUT2D eigenvalue weighted by molar-refractivity contribution is 5.86. The van der Waals surface area contributed by atoms with Crippen LogP contribution >= 0.6 is 0 Å². The number of nitrogens with two attached hydrogens (primary N) is 1. The number of rotatable bonds is 1. The molecule has 0 aliphatic carbocycles. The van der Waals surface area contributed by atoms with Gasteiger partial charge in [-0.15, -0.1) is 5.10 Å². The molecule has 0 unspecified atom stereocenters. The summed E-state index contributed by atoms with van der Waals surface area (Å²) in [7, 11) is 0. The molecule has 0 amide bonds. The number of fused-ring (bicyclic) bond motifs is 1. The number of nitrogens with one attached hydrogen (secondary N) is 1. The fraction of sp³-hybridized carbons (Fsp3) is 0.364. The van der Waals surface area contributed by atoms with Crippen molar-refractivity contribution in [3.8, 4) is 5.88 Å². The van der Waals surface area contributed by atoms with Crippen LogP contribution in [0, 0.1) is 0 Å². The Morgan fingerprint density at radius 1 is 1.33 bits per heavy atom. The molecule has 4 heteroatoms. The van der Waals surface area contributed by atoms with Gasteiger partial charge in [0, 0.05) is 5.69 Å². The van der Waals surface area contributed by atoms with Crippen molar-refractivity contribution in [2.75, 3.05) is 5.73 Å². The number of aromatic nitrogens is 2. The van der Waals surface area contributed by atoms with Gasteiger partial charge in [-0.05, 0) is 39.0 Å². The Morgan fingerprint density at radius 2 is 2.07 bits per heavy atom. The summed E-state index contributed by atoms with van der Waals surface area (Å²) >= 11 is 0. The molecule has 3 N–H and O–H groups in total. The molecule has 1 aromatic carbocycles. The molecule has 0 atom stereocenters. The van der Waals surface area contributed by atoms with Gasteiger partial charge in [0.05, 0.1) is 10.9 Å². The molecule has 0 fully saturated rings. The molecule has 0 saturated carbocycles. The van der Waals surface area contributed by atoms with Crippen molar-refractivity contribution in [2.45, 2.75) is 26.4 Å². The van der Waals surface area contributed by atoms with E-state index in [4.69, 9.17) is 10.5 Å². The van der Waals surface area contributed by atoms with E-state index in [0.717, 1.165) is 10.9 Å². The van der Waals surface area contributed by atoms with Crippen LogP contribution in [0.4, 0.5) is 5.69 Å². The Bertz CT molecular complexity index is 482. The van der Waals surface area contributed by atoms with Crippen LogP contribution in [0.25, 0.3) is 10.9 Å². The van der Waals surface area contributed by atoms with Gasteiger partial charge in [0.15, 0.2) is 0 Å². The lowest BCUT2D eigenvalue weighted by Gasteiger charge is -2.19. The van der Waals surface area contributed by atoms with Gasteiger partial charge in [-0.25, -0.2) is 0 Å². The van der Waals surface area contributed by atoms with Crippen LogP contribution in [0.5, 0.6) is 5.88 Å². The molecule has 0 saturated heterocycles. The minimum Gasteiger partial charge on any atom is -0.470 e. The topological polar surface area (TPSA) is 63.9 Å². The van der Waals surface area contributed by atoms with Gasteiger partial charge >= 0.3 is 0 Å². The third kappa shape index (κ3) is 2.03. The van der Waals surface area contributed by atoms with Gasteiger partial charge in [-0.2, -0.15) is 0 Å². The van der Waals surface area contributed by atoms with Crippen molar-refractivity contribution in [1.82, 2.24) is 10.2 Å². The lowest BCUT2D eigenvalue weighted by Crippen LogP contribution is -2.23. The highest BCUT2D eigenvalue weighted by atomic mass is 16.5. The van der Waals surface area contributed by atoms with Crippen molar-refractivity contribution < 1.29 is 4.74 Å². The van der Waals surface area contributed by atoms with Gasteiger partial charge in [0.2, 0.25) is 5.88 Å². The first-order valence-corrected chi connectivity index (χ1v) is 4.88. The Morgan fingerprint density at radius 3 is 2.73 bits per heavy atom. The van der Waals surface area contributed by atoms with Crippen LogP contribution in [0.2, 0.25) is 0 Å². The summed E-state index contributed by atoms with van der Waals surface area (Å²) in [6.07, 6.45) is 0. The van der Waals surface area contributed by atoms with Gasteiger partial charge < -0.3 is 10.5 Å². The van der Waals surface area contributed by atoms with Gasteiger partial charge in [-0.1, -0.05) is 0 Å². The van der Waals surface area contributed by atoms with Crippen LogP contribution in [0.1, 0.15) is 20.8 Å². The van der Waals surface area contributed by atoms with Crippen LogP contribution in [-0.4, -0.2) is 15.8 Å². The molecular formula is C11H15N3O. The number of H-pyrrole nitrogens is 1. The predicted molar refractivity (Wildman–Crippen MR) is 60.9 cm³/mol. The van der Waals surface area contributed by atoms with Gasteiger partial charge in [0.1, 0.15) is 5.60 Å². The van der Waals surface area contributed by atoms with E-state index in [-0.39, 0.29) is 5.60 Å². The fourth-order valence-corrected chi connectivity index (χ4v) is 1.38. The normalized spacial score (nSPS) is 11.9. The molecule has 0 aliphatic heterocycles. The first-order valence-electron chi connectivity index (χ1n) is 4.88. The van der Waals surface area contributed by atoms with Gasteiger partial charge in [-0.3, -0.25) is 5.10 Å². The second-order valence-electron chi connectivity index (χ2n) is 4.55. The summed E-state index contributed by atoms with van der Waals surface area (Å²) in [6, 6.07) is 5.59. The second-order valence-corrected chi connectivity index (χ2v) is 4.55. The number of hydrogen-bond acceptors (Lipinski definition) is 3. The van der Waals surface area contributed by atoms with E-state index >= 15 is 0 Å². The minimum atomic E-state index is -0.257. The van der Waals surface area contributed by atoms with E-state index < -0.39 is 0 Å². The molecule has 0 spiro atoms. The summed E-state index contributed by atoms with van der Waals surface area (Å²) in [6.45, 7) is 5.96. The molecule has 1 heterocycles. The van der Waals surface area contributed by atoms with Gasteiger partial charge in [0.25, 0.3) is 0 Å². The van der Waals surface area contributed by atoms with Crippen LogP contribution in [-0.2, 0) is 0 Å². The smallest absolute Gasteiger partial charge is 0.241 e. The van der Waals surface area contributed by atoms with Crippen molar-refractivity contribution in [2.24, 2.45) is 0 Å². The SMILES string of the molecule is CC(C)(C)Oc1n[nH]c2ccc(N)cc12. The Hall–Kier alpha value is -1.71. The Balaban J connectivity index is 2.48. The largest absolute Gasteiger partial charge is 0.470 e. The van der Waals surface area contributed by atoms with Crippen LogP contribution in [0.3, 0.4) is 0 Å². The maximum atomic E-state index is 5.72. The lowest BCUT2D eigenvalue weighted by molar-refractivity contribution is 0.126. The van der Waals surface area contributed by atoms with Crippen molar-refractivity contribution in [3.63, 3.8) is 0 Å². The first kappa shape index (κ1) is 9.83. The number of nitrogen functional groups attached to an aromatic ring is 1. The first-order chi connectivity index (χ1) is 6.96. The number of benzene rings is 1. The zero-order chi connectivity index (χ0) is 11.1. The van der Waals surface area contributed by atoms with Crippen LogP contribution < -0.4 is 10.5 Å². The molecule has 80 valence electrons. The van der Waals surface area contributed by atoms with Crippen molar-refractivity contribution >= 4 is 16.6 Å². The molecule has 0 radical (unpaired) electrons. The minimum absolute atomic E-state index is 0.257. The molecule has 0 aliphatic rings. The van der Waals surface area contributed by atoms with E-state index in [0.29, 0.717) is 11.6 Å². The fourth-order valence-electron chi connectivity index (χ4n) is 1.38. The number of aromatic amines is 1. The average molecular weight is 205 g/mol. The molecule has 0 bridgehead atoms. The van der Waals surface area contributed by atoms with E-state index in [1.165, 1.54) is 0 Å². The van der Waals surface area contributed by atoms with Crippen molar-refractivity contribution in [1.29, 1.82) is 0 Å². The van der Waals surface area contributed by atoms with E-state index in [1.54, 1.807) is 0 Å². The van der Waals surface area contributed by atoms with Crippen LogP contribution in [0.15, 0.2) is 18.2 Å². The third-order valence-electron chi connectivity index (χ3n) is 1.95. The number of hydrogen-bond donors (Lipinski definition) is 2. The predicted octanol–water partition coefficient (Wildman–Crippen LogP) is 2.32. The second kappa shape index (κ2) is 3.15. The summed E-state index contributed by atoms with van der Waals surface area (Å²) < 4.78 is 5.71. The Kier molecular flexibility index (Phi) is 2.07. The zero-order valence-corrected chi connectivity index (χ0v) is 9.16. The maximum Gasteiger partial charge on any atom is 0.241 e. The zero-order valence-electron chi connectivity index (χ0n) is 9.16. The summed E-state index contributed by atoms with van der Waals surface area (Å²) in [5.41, 5.74) is 7.11. The summed E-state index contributed by atoms with van der Waals surface area (Å²) in [5.74, 6) is 0.602. The molecular weight excluding hydrogens is 190 g/mol. The van der Waals surface area contributed by atoms with E-state index in [1.807, 2.05) is 39.0 Å². The van der Waals surface area contributed by atoms with E-state index in [9.17, 15) is 0 Å². The monoisotopic (exact) mass is 205 g/mol. The quantitative estimate of drug-likeness (QED) is 0.702. The molecule has 4 nitrogen and oxygen atoms in total. The highest BCUT2D eigenvalue weighted by Gasteiger charge is 2.16. The number of anilines is 1. The number of nitrogens with zero attached hydrogens (tertiary/aromatic N) is 1. The maximum absolute atomic E-state index is 5.72. The summed E-state index contributed by atoms with van der Waals surface area (Å²) in [4.78, 5) is 0. The molecule has 2 rings (SSSR count). The standard InChI is InChI=1S/C11H15N3O/c1-11(2,3)15-10-8-6-7(12)4-5-9(8)13-14-10/h4-6H,12H2,1-3H3,(H,13,14). The molecule has 2 aromatic rings.